The second-order valence-corrected chi connectivity index (χ2v) is 36.0. The number of aliphatic hydroxyl groups is 18. The van der Waals surface area contributed by atoms with Crippen LogP contribution < -0.4 is 53.6 Å². The molecule has 0 saturated carbocycles. The van der Waals surface area contributed by atoms with Crippen LogP contribution in [0.15, 0.2) is 0 Å². The molecule has 0 aliphatic carbocycles. The molecule has 13 amide bonds. The maximum absolute atomic E-state index is 15.4. The number of ether oxygens (including phenoxy) is 12. The summed E-state index contributed by atoms with van der Waals surface area (Å²) in [5.41, 5.74) is 5.39. The van der Waals surface area contributed by atoms with Crippen LogP contribution in [-0.4, -0.2) is 522 Å². The Morgan fingerprint density at radius 3 is 1.35 bits per heavy atom. The smallest absolute Gasteiger partial charge is 0.364 e. The van der Waals surface area contributed by atoms with Gasteiger partial charge in [-0.15, -0.1) is 0 Å². The van der Waals surface area contributed by atoms with Crippen LogP contribution in [0, 0.1) is 0 Å². The zero-order valence-electron chi connectivity index (χ0n) is 78.3. The van der Waals surface area contributed by atoms with Crippen LogP contribution in [0.1, 0.15) is 107 Å². The van der Waals surface area contributed by atoms with Crippen molar-refractivity contribution >= 4 is 88.7 Å². The molecule has 60 heteroatoms. The fourth-order valence-corrected chi connectivity index (χ4v) is 18.4. The summed E-state index contributed by atoms with van der Waals surface area (Å²) >= 11 is 0. The molecule has 0 bridgehead atoms. The van der Waals surface area contributed by atoms with E-state index in [2.05, 4.69) is 47.9 Å². The predicted molar refractivity (Wildman–Crippen MR) is 457 cm³/mol. The number of rotatable bonds is 43. The Labute approximate surface area is 807 Å². The van der Waals surface area contributed by atoms with E-state index in [-0.39, 0.29) is 45.3 Å². The van der Waals surface area contributed by atoms with E-state index >= 15 is 4.79 Å². The molecule has 0 aromatic rings. The number of likely N-dealkylation sites (tertiary alicyclic amines) is 3. The summed E-state index contributed by atoms with van der Waals surface area (Å²) in [4.78, 5) is 207. The Morgan fingerprint density at radius 2 is 0.887 bits per heavy atom. The molecule has 9 fully saturated rings. The van der Waals surface area contributed by atoms with E-state index in [0.717, 1.165) is 46.4 Å². The van der Waals surface area contributed by atoms with Crippen molar-refractivity contribution in [3.63, 3.8) is 0 Å². The quantitative estimate of drug-likeness (QED) is 0.0270. The molecule has 18 unspecified atom stereocenters. The Morgan fingerprint density at radius 1 is 0.451 bits per heavy atom. The second-order valence-electron chi connectivity index (χ2n) is 36.0. The molecule has 9 aliphatic rings. The minimum Gasteiger partial charge on any atom is -0.477 e. The number of aliphatic hydroxyl groups excluding tert-OH is 18. The van der Waals surface area contributed by atoms with Gasteiger partial charge in [0.15, 0.2) is 25.2 Å². The summed E-state index contributed by atoms with van der Waals surface area (Å²) in [7, 11) is 0. The van der Waals surface area contributed by atoms with Crippen LogP contribution >= 0.6 is 0 Å². The van der Waals surface area contributed by atoms with E-state index in [1.807, 2.05) is 0 Å². The average molecular weight is 2050 g/mol. The fraction of sp³-hybridized carbons (Fsp3) is 0.817. The molecule has 0 radical (unpaired) electrons. The van der Waals surface area contributed by atoms with Gasteiger partial charge in [0.05, 0.1) is 83.2 Å². The molecular weight excluding hydrogens is 1920 g/mol. The third-order valence-corrected chi connectivity index (χ3v) is 25.7. The zero-order valence-corrected chi connectivity index (χ0v) is 78.3. The van der Waals surface area contributed by atoms with Gasteiger partial charge < -0.3 is 227 Å². The molecule has 9 heterocycles. The third kappa shape index (κ3) is 27.2. The minimum absolute atomic E-state index is 0.0131. The summed E-state index contributed by atoms with van der Waals surface area (Å²) in [6.07, 6.45) is -64.3. The summed E-state index contributed by atoms with van der Waals surface area (Å²) in [5, 5.41) is 246. The number of nitrogens with one attached hydrogen (secondary N) is 9. The molecule has 9 rings (SSSR count). The van der Waals surface area contributed by atoms with Crippen molar-refractivity contribution in [3.05, 3.63) is 0 Å². The summed E-state index contributed by atoms with van der Waals surface area (Å²) in [6, 6.07) is -18.7. The molecular formula is C82H131N13O47. The highest BCUT2D eigenvalue weighted by Crippen LogP contribution is 2.43. The lowest BCUT2D eigenvalue weighted by Crippen LogP contribution is -2.71. The number of hydrogen-bond acceptors (Lipinski definition) is 45. The maximum Gasteiger partial charge on any atom is 0.364 e. The number of aliphatic carboxylic acids is 2. The van der Waals surface area contributed by atoms with Crippen molar-refractivity contribution in [2.24, 2.45) is 5.73 Å². The van der Waals surface area contributed by atoms with Crippen molar-refractivity contribution < 1.29 is 231 Å². The van der Waals surface area contributed by atoms with E-state index < -0.39 is 398 Å². The summed E-state index contributed by atoms with van der Waals surface area (Å²) in [6.45, 7) is -1.58. The van der Waals surface area contributed by atoms with Crippen molar-refractivity contribution in [1.29, 1.82) is 0 Å². The van der Waals surface area contributed by atoms with Gasteiger partial charge in [0.25, 0.3) is 11.6 Å². The minimum atomic E-state index is -3.45. The number of carbonyl (C=O) groups excluding carboxylic acids is 13. The van der Waals surface area contributed by atoms with Gasteiger partial charge >= 0.3 is 11.9 Å². The van der Waals surface area contributed by atoms with E-state index in [1.54, 1.807) is 0 Å². The van der Waals surface area contributed by atoms with Crippen molar-refractivity contribution in [1.82, 2.24) is 62.6 Å². The molecule has 60 nitrogen and oxygen atoms in total. The molecule has 0 aromatic heterocycles. The lowest BCUT2D eigenvalue weighted by molar-refractivity contribution is -0.385. The first-order valence-corrected chi connectivity index (χ1v) is 45.7. The van der Waals surface area contributed by atoms with Gasteiger partial charge in [0.1, 0.15) is 176 Å². The Kier molecular flexibility index (Phi) is 41.6. The van der Waals surface area contributed by atoms with Crippen molar-refractivity contribution in [2.45, 2.75) is 350 Å². The van der Waals surface area contributed by atoms with Crippen LogP contribution in [0.3, 0.4) is 0 Å². The van der Waals surface area contributed by atoms with Gasteiger partial charge in [-0.25, -0.2) is 9.59 Å². The van der Waals surface area contributed by atoms with E-state index in [0.29, 0.717) is 12.8 Å². The van der Waals surface area contributed by atoms with Gasteiger partial charge in [0, 0.05) is 67.1 Å². The number of primary amides is 1. The summed E-state index contributed by atoms with van der Waals surface area (Å²) < 4.78 is 72.3. The van der Waals surface area contributed by atoms with Crippen molar-refractivity contribution in [2.75, 3.05) is 72.4 Å². The first kappa shape index (κ1) is 116. The van der Waals surface area contributed by atoms with Crippen LogP contribution in [0.5, 0.6) is 0 Å². The molecule has 9 aliphatic heterocycles. The lowest BCUT2D eigenvalue weighted by atomic mass is 9.88. The van der Waals surface area contributed by atoms with Crippen LogP contribution in [-0.2, 0) is 129 Å². The number of carboxylic acid groups (broad SMARTS) is 2. The number of carbonyl (C=O) groups is 15. The third-order valence-electron chi connectivity index (χ3n) is 25.7. The van der Waals surface area contributed by atoms with Gasteiger partial charge in [-0.2, -0.15) is 0 Å². The van der Waals surface area contributed by atoms with E-state index in [9.17, 15) is 169 Å². The van der Waals surface area contributed by atoms with Crippen molar-refractivity contribution in [3.8, 4) is 0 Å². The SMILES string of the molecule is CC(=O)NC1[C@H](OCC2O[C@H](OC(C)C(NC(=O)C(CO)NC(=O)CNC(=O)C3CCCN3C(C)=O)C(=O)NC(C)C(=O)N3CCCC3C(=O)N3CCCC3C(=O)NC(C)C(N)=O)C(NC(C)=O)[C@@H](O[C@@H]3OC(CO)[C@H](O)[C@H](O[C@]4(C(=O)O)C[C@@H](O)[C@@H](NC(C)=O)C([C@H](O)[C@H](O)CO)O4)C3O)[C@H]2O)OC(CO)[C@@H](O[C@@H]2OC(CO)[C@H](O)[C@H](O[C@]3(C(=O)O)C[C@@H](O)[C@@H](NC(C)=O)C([C@H](O)[C@H](O)CO)O3)C2O)[C@@H]1O. The van der Waals surface area contributed by atoms with Crippen LogP contribution in [0.25, 0.3) is 0 Å². The van der Waals surface area contributed by atoms with Crippen LogP contribution in [0.2, 0.25) is 0 Å². The largest absolute Gasteiger partial charge is 0.477 e. The highest BCUT2D eigenvalue weighted by Gasteiger charge is 2.64. The highest BCUT2D eigenvalue weighted by atomic mass is 16.8. The number of nitrogens with zero attached hydrogens (tertiary/aromatic N) is 3. The molecule has 0 aromatic carbocycles. The number of carboxylic acids is 2. The van der Waals surface area contributed by atoms with Gasteiger partial charge in [-0.05, 0) is 59.3 Å². The molecule has 9 saturated heterocycles. The molecule has 40 atom stereocenters. The molecule has 806 valence electrons. The Balaban J connectivity index is 1.09. The Hall–Kier alpha value is -9.15. The fourth-order valence-electron chi connectivity index (χ4n) is 18.4. The Bertz CT molecular complexity index is 4390. The first-order valence-electron chi connectivity index (χ1n) is 45.7. The molecule has 142 heavy (non-hydrogen) atoms. The van der Waals surface area contributed by atoms with Gasteiger partial charge in [0.2, 0.25) is 76.8 Å². The highest BCUT2D eigenvalue weighted by molar-refractivity contribution is 5.98. The van der Waals surface area contributed by atoms with Gasteiger partial charge in [-0.1, -0.05) is 0 Å². The van der Waals surface area contributed by atoms with Gasteiger partial charge in [-0.3, -0.25) is 62.3 Å². The summed E-state index contributed by atoms with van der Waals surface area (Å²) in [5.74, 6) is -23.8. The molecule has 0 spiro atoms. The normalized spacial score (nSPS) is 36.2. The average Bonchev–Trinajstić information content (AvgIpc) is 0.860. The standard InChI is InChI=1S/C82H131N13O47/c1-28(68(83)120)85-71(123)38-13-10-16-94(38)74(126)39-14-11-17-95(39)73(125)29(2)86-72(124)49(92-69(121)36(21-96)91-48(111)20-84-70(122)37-12-9-15-93(37)35(8)106)30(3)132-76-53(90-34(7)105)63(138-78-61(119)67(57(115)45(25-100)134-78)142-82(80(129)130)19-41(108)51(88-32(5)103)65(140-82)55(113)43(110)23-98)58(116)47(136-76)27-131-75-52(89-33(6)104)59(117)62(46(26-101)135-75)137-77-60(118)66(56(114)44(24-99)133-77)141-81(79(127)128)18-40(107)50(87-31(4)102)64(139-81)54(112)42(109)22-97/h28-30,36-47,49-67,75-78,96-101,107-110,112-119H,9-27H2,1-8H3,(H2,83,120)(H,84,122)(H,85,123)(H,86,124)(H,87,102)(H,88,103)(H,89,104)(H,90,105)(H,91,111)(H,92,121)(H,127,128)(H,129,130)/t28?,29?,30?,36?,37?,38?,39?,40-,41-,42-,43-,44?,45?,46?,47?,49?,50-,51-,52?,53?,54-,55-,56+,57+,58+,59-,60?,61?,62-,63-,64?,65?,66+,67+,75-,76+,77+,78+,81+,82+/m1/s1. The molecule has 31 N–H and O–H groups in total. The lowest BCUT2D eigenvalue weighted by Gasteiger charge is -2.51. The number of hydrogen-bond donors (Lipinski definition) is 30. The number of amides is 13. The first-order chi connectivity index (χ1) is 66.8. The van der Waals surface area contributed by atoms with E-state index in [1.165, 1.54) is 23.6 Å². The van der Waals surface area contributed by atoms with E-state index in [4.69, 9.17) is 62.6 Å². The van der Waals surface area contributed by atoms with Crippen LogP contribution in [0.4, 0.5) is 0 Å². The topological polar surface area (TPSA) is 915 Å². The number of nitrogens with two attached hydrogens (primary N) is 1. The maximum atomic E-state index is 15.4. The monoisotopic (exact) mass is 2050 g/mol. The zero-order chi connectivity index (χ0) is 106. The second kappa shape index (κ2) is 50.8. The predicted octanol–water partition coefficient (Wildman–Crippen LogP) is -19.1.